The summed E-state index contributed by atoms with van der Waals surface area (Å²) in [5.41, 5.74) is 1.68. The van der Waals surface area contributed by atoms with Gasteiger partial charge in [-0.15, -0.1) is 0 Å². The molecule has 0 aliphatic rings. The summed E-state index contributed by atoms with van der Waals surface area (Å²) < 4.78 is 34.0. The Labute approximate surface area is 191 Å². The summed E-state index contributed by atoms with van der Waals surface area (Å²) >= 11 is 11.9. The Morgan fingerprint density at radius 3 is 2.29 bits per heavy atom. The molecule has 0 atom stereocenters. The second-order valence-electron chi connectivity index (χ2n) is 6.62. The molecule has 6 nitrogen and oxygen atoms in total. The number of nitrogens with one attached hydrogen (secondary N) is 2. The monoisotopic (exact) mass is 478 g/mol. The quantitative estimate of drug-likeness (QED) is 0.452. The molecule has 2 N–H and O–H groups in total. The fourth-order valence-corrected chi connectivity index (χ4v) is 4.20. The summed E-state index contributed by atoms with van der Waals surface area (Å²) in [6.07, 6.45) is 0. The lowest BCUT2D eigenvalue weighted by Crippen LogP contribution is -2.16. The van der Waals surface area contributed by atoms with Crippen molar-refractivity contribution in [3.05, 3.63) is 81.8 Å². The van der Waals surface area contributed by atoms with Crippen molar-refractivity contribution >= 4 is 50.5 Å². The van der Waals surface area contributed by atoms with E-state index < -0.39 is 15.9 Å². The molecule has 9 heteroatoms. The van der Waals surface area contributed by atoms with Crippen LogP contribution in [0, 0.1) is 6.92 Å². The van der Waals surface area contributed by atoms with Crippen molar-refractivity contribution in [1.82, 2.24) is 0 Å². The van der Waals surface area contributed by atoms with Gasteiger partial charge in [0.2, 0.25) is 0 Å². The smallest absolute Gasteiger partial charge is 0.261 e. The Hall–Kier alpha value is -2.74. The summed E-state index contributed by atoms with van der Waals surface area (Å²) in [6, 6.07) is 15.5. The summed E-state index contributed by atoms with van der Waals surface area (Å²) in [5, 5.41) is 3.62. The number of amides is 1. The number of carbonyl (C=O) groups is 1. The van der Waals surface area contributed by atoms with Crippen molar-refractivity contribution in [3.8, 4) is 5.75 Å². The van der Waals surface area contributed by atoms with Crippen LogP contribution in [0.3, 0.4) is 0 Å². The number of hydrogen-bond acceptors (Lipinski definition) is 4. The molecule has 0 bridgehead atoms. The van der Waals surface area contributed by atoms with E-state index in [1.165, 1.54) is 24.3 Å². The van der Waals surface area contributed by atoms with Crippen molar-refractivity contribution in [2.75, 3.05) is 16.6 Å². The Bertz CT molecular complexity index is 1210. The molecule has 3 aromatic rings. The van der Waals surface area contributed by atoms with Crippen molar-refractivity contribution in [1.29, 1.82) is 0 Å². The summed E-state index contributed by atoms with van der Waals surface area (Å²) in [5.74, 6) is -0.0755. The number of hydrogen-bond donors (Lipinski definition) is 2. The van der Waals surface area contributed by atoms with Gasteiger partial charge in [0.05, 0.1) is 22.9 Å². The molecule has 0 saturated carbocycles. The van der Waals surface area contributed by atoms with Crippen LogP contribution in [0.25, 0.3) is 0 Å². The standard InChI is InChI=1S/C22H20Cl2N2O4S/c1-3-30-21-11-10-18(31(28,29)26-19-12-17(24)7-4-14(19)2)13-20(21)25-22(27)15-5-8-16(23)9-6-15/h4-13,26H,3H2,1-2H3,(H,25,27). The number of halogens is 2. The van der Waals surface area contributed by atoms with Gasteiger partial charge in [0.15, 0.2) is 0 Å². The molecular formula is C22H20Cl2N2O4S. The van der Waals surface area contributed by atoms with E-state index in [4.69, 9.17) is 27.9 Å². The molecule has 162 valence electrons. The maximum atomic E-state index is 13.0. The average Bonchev–Trinajstić information content (AvgIpc) is 2.72. The van der Waals surface area contributed by atoms with Crippen LogP contribution < -0.4 is 14.8 Å². The summed E-state index contributed by atoms with van der Waals surface area (Å²) in [4.78, 5) is 12.6. The first kappa shape index (κ1) is 22.9. The van der Waals surface area contributed by atoms with E-state index in [-0.39, 0.29) is 10.6 Å². The van der Waals surface area contributed by atoms with Gasteiger partial charge in [-0.1, -0.05) is 29.3 Å². The first-order valence-electron chi connectivity index (χ1n) is 9.32. The predicted octanol–water partition coefficient (Wildman–Crippen LogP) is 5.75. The largest absolute Gasteiger partial charge is 0.492 e. The van der Waals surface area contributed by atoms with Gasteiger partial charge in [0, 0.05) is 15.6 Å². The fraction of sp³-hybridized carbons (Fsp3) is 0.136. The molecule has 0 spiro atoms. The lowest BCUT2D eigenvalue weighted by Gasteiger charge is -2.15. The van der Waals surface area contributed by atoms with Crippen LogP contribution in [0.15, 0.2) is 65.6 Å². The molecule has 31 heavy (non-hydrogen) atoms. The molecular weight excluding hydrogens is 459 g/mol. The highest BCUT2D eigenvalue weighted by Gasteiger charge is 2.19. The van der Waals surface area contributed by atoms with Crippen molar-refractivity contribution < 1.29 is 17.9 Å². The normalized spacial score (nSPS) is 11.1. The van der Waals surface area contributed by atoms with Crippen LogP contribution in [0.4, 0.5) is 11.4 Å². The highest BCUT2D eigenvalue weighted by molar-refractivity contribution is 7.92. The second kappa shape index (κ2) is 9.60. The second-order valence-corrected chi connectivity index (χ2v) is 9.17. The zero-order valence-corrected chi connectivity index (χ0v) is 19.1. The van der Waals surface area contributed by atoms with Gasteiger partial charge in [-0.2, -0.15) is 0 Å². The van der Waals surface area contributed by atoms with Crippen LogP contribution >= 0.6 is 23.2 Å². The Morgan fingerprint density at radius 1 is 0.935 bits per heavy atom. The third-order valence-electron chi connectivity index (χ3n) is 4.36. The third-order valence-corrected chi connectivity index (χ3v) is 6.21. The summed E-state index contributed by atoms with van der Waals surface area (Å²) in [6.45, 7) is 3.90. The van der Waals surface area contributed by atoms with Gasteiger partial charge in [0.25, 0.3) is 15.9 Å². The highest BCUT2D eigenvalue weighted by Crippen LogP contribution is 2.30. The molecule has 0 heterocycles. The number of anilines is 2. The van der Waals surface area contributed by atoms with E-state index in [0.29, 0.717) is 33.7 Å². The van der Waals surface area contributed by atoms with E-state index >= 15 is 0 Å². The van der Waals surface area contributed by atoms with Gasteiger partial charge in [-0.05, 0) is 74.0 Å². The van der Waals surface area contributed by atoms with Gasteiger partial charge in [-0.25, -0.2) is 8.42 Å². The minimum absolute atomic E-state index is 0.0401. The van der Waals surface area contributed by atoms with Gasteiger partial charge < -0.3 is 10.1 Å². The fourth-order valence-electron chi connectivity index (χ4n) is 2.76. The number of carbonyl (C=O) groups excluding carboxylic acids is 1. The minimum atomic E-state index is -3.95. The van der Waals surface area contributed by atoms with E-state index in [0.717, 1.165) is 5.56 Å². The molecule has 0 unspecified atom stereocenters. The number of rotatable bonds is 7. The molecule has 0 aliphatic heterocycles. The maximum absolute atomic E-state index is 13.0. The van der Waals surface area contributed by atoms with E-state index in [1.54, 1.807) is 50.2 Å². The Balaban J connectivity index is 1.93. The SMILES string of the molecule is CCOc1ccc(S(=O)(=O)Nc2cc(Cl)ccc2C)cc1NC(=O)c1ccc(Cl)cc1. The van der Waals surface area contributed by atoms with Crippen LogP contribution in [-0.4, -0.2) is 20.9 Å². The minimum Gasteiger partial charge on any atom is -0.492 e. The number of aryl methyl sites for hydroxylation is 1. The molecule has 0 saturated heterocycles. The molecule has 1 amide bonds. The van der Waals surface area contributed by atoms with Crippen LogP contribution in [0.1, 0.15) is 22.8 Å². The third kappa shape index (κ3) is 5.70. The van der Waals surface area contributed by atoms with Crippen LogP contribution in [0.2, 0.25) is 10.0 Å². The molecule has 0 aromatic heterocycles. The zero-order chi connectivity index (χ0) is 22.6. The lowest BCUT2D eigenvalue weighted by molar-refractivity contribution is 0.102. The van der Waals surface area contributed by atoms with Gasteiger partial charge >= 0.3 is 0 Å². The topological polar surface area (TPSA) is 84.5 Å². The molecule has 0 fully saturated rings. The first-order valence-corrected chi connectivity index (χ1v) is 11.6. The van der Waals surface area contributed by atoms with Crippen molar-refractivity contribution in [2.45, 2.75) is 18.7 Å². The number of sulfonamides is 1. The van der Waals surface area contributed by atoms with Gasteiger partial charge in [-0.3, -0.25) is 9.52 Å². The number of benzene rings is 3. The Kier molecular flexibility index (Phi) is 7.10. The van der Waals surface area contributed by atoms with Crippen molar-refractivity contribution in [2.24, 2.45) is 0 Å². The molecule has 0 radical (unpaired) electrons. The van der Waals surface area contributed by atoms with E-state index in [2.05, 4.69) is 10.0 Å². The molecule has 0 aliphatic carbocycles. The van der Waals surface area contributed by atoms with Crippen LogP contribution in [-0.2, 0) is 10.0 Å². The molecule has 3 rings (SSSR count). The number of ether oxygens (including phenoxy) is 1. The van der Waals surface area contributed by atoms with Crippen molar-refractivity contribution in [3.63, 3.8) is 0 Å². The van der Waals surface area contributed by atoms with E-state index in [1.807, 2.05) is 0 Å². The predicted molar refractivity (Wildman–Crippen MR) is 124 cm³/mol. The lowest BCUT2D eigenvalue weighted by atomic mass is 10.2. The van der Waals surface area contributed by atoms with E-state index in [9.17, 15) is 13.2 Å². The van der Waals surface area contributed by atoms with Gasteiger partial charge in [0.1, 0.15) is 5.75 Å². The summed E-state index contributed by atoms with van der Waals surface area (Å²) in [7, 11) is -3.95. The average molecular weight is 479 g/mol. The molecule has 3 aromatic carbocycles. The zero-order valence-electron chi connectivity index (χ0n) is 16.8. The Morgan fingerprint density at radius 2 is 1.61 bits per heavy atom. The first-order chi connectivity index (χ1) is 14.7. The highest BCUT2D eigenvalue weighted by atomic mass is 35.5. The maximum Gasteiger partial charge on any atom is 0.261 e. The van der Waals surface area contributed by atoms with Crippen LogP contribution in [0.5, 0.6) is 5.75 Å².